The molecule has 1 aliphatic heterocycles. The molecule has 3 rings (SSSR count). The summed E-state index contributed by atoms with van der Waals surface area (Å²) in [5, 5.41) is 0.674. The number of ether oxygens (including phenoxy) is 1. The predicted octanol–water partition coefficient (Wildman–Crippen LogP) is 4.50. The van der Waals surface area contributed by atoms with Crippen molar-refractivity contribution in [2.45, 2.75) is 13.8 Å². The Labute approximate surface area is 152 Å². The zero-order valence-electron chi connectivity index (χ0n) is 14.5. The molecule has 2 aromatic rings. The molecule has 0 spiro atoms. The van der Waals surface area contributed by atoms with E-state index in [2.05, 4.69) is 4.99 Å². The lowest BCUT2D eigenvalue weighted by Gasteiger charge is -2.17. The van der Waals surface area contributed by atoms with Crippen molar-refractivity contribution < 1.29 is 9.53 Å². The smallest absolute Gasteiger partial charge is 0.283 e. The Morgan fingerprint density at radius 3 is 2.60 bits per heavy atom. The zero-order valence-corrected chi connectivity index (χ0v) is 15.3. The van der Waals surface area contributed by atoms with Crippen molar-refractivity contribution >= 4 is 34.6 Å². The van der Waals surface area contributed by atoms with Gasteiger partial charge in [-0.05, 0) is 56.0 Å². The van der Waals surface area contributed by atoms with E-state index in [1.54, 1.807) is 4.90 Å². The van der Waals surface area contributed by atoms with Gasteiger partial charge in [-0.2, -0.15) is 0 Å². The van der Waals surface area contributed by atoms with Gasteiger partial charge < -0.3 is 4.74 Å². The predicted molar refractivity (Wildman–Crippen MR) is 105 cm³/mol. The zero-order chi connectivity index (χ0) is 17.8. The van der Waals surface area contributed by atoms with E-state index in [4.69, 9.17) is 4.74 Å². The summed E-state index contributed by atoms with van der Waals surface area (Å²) in [7, 11) is 0. The van der Waals surface area contributed by atoms with Crippen LogP contribution >= 0.6 is 11.8 Å². The number of thioether (sulfide) groups is 1. The van der Waals surface area contributed by atoms with E-state index >= 15 is 0 Å². The molecule has 0 saturated carbocycles. The van der Waals surface area contributed by atoms with Crippen LogP contribution in [-0.2, 0) is 4.79 Å². The molecule has 25 heavy (non-hydrogen) atoms. The molecule has 0 fully saturated rings. The Morgan fingerprint density at radius 1 is 1.20 bits per heavy atom. The second-order valence-corrected chi connectivity index (χ2v) is 6.38. The molecule has 1 heterocycles. The number of nitrogens with zero attached hydrogens (tertiary/aromatic N) is 2. The maximum atomic E-state index is 12.9. The van der Waals surface area contributed by atoms with Gasteiger partial charge in [0.05, 0.1) is 12.3 Å². The van der Waals surface area contributed by atoms with Crippen LogP contribution in [0.4, 0.5) is 5.69 Å². The molecule has 0 unspecified atom stereocenters. The van der Waals surface area contributed by atoms with Gasteiger partial charge in [-0.1, -0.05) is 41.6 Å². The standard InChI is InChI=1S/C20H20N2O2S/c1-4-24-17-10-8-16(9-11-17)22-19(23)18(21-20(22)25-3)13-15-7-5-6-14(2)12-15/h5-13H,4H2,1-3H3. The SMILES string of the molecule is CCOc1ccc(N2C(=O)C(=Cc3cccc(C)c3)N=C2SC)cc1. The molecule has 0 radical (unpaired) electrons. The van der Waals surface area contributed by atoms with Gasteiger partial charge in [-0.3, -0.25) is 9.69 Å². The summed E-state index contributed by atoms with van der Waals surface area (Å²) in [6, 6.07) is 15.5. The fraction of sp³-hybridized carbons (Fsp3) is 0.200. The van der Waals surface area contributed by atoms with Crippen molar-refractivity contribution in [1.82, 2.24) is 0 Å². The Morgan fingerprint density at radius 2 is 1.96 bits per heavy atom. The van der Waals surface area contributed by atoms with Crippen LogP contribution in [0.3, 0.4) is 0 Å². The second-order valence-electron chi connectivity index (χ2n) is 5.61. The highest BCUT2D eigenvalue weighted by Gasteiger charge is 2.31. The molecular formula is C20H20N2O2S. The van der Waals surface area contributed by atoms with Crippen LogP contribution in [0.15, 0.2) is 59.2 Å². The summed E-state index contributed by atoms with van der Waals surface area (Å²) in [5.74, 6) is 0.672. The summed E-state index contributed by atoms with van der Waals surface area (Å²) in [6.45, 7) is 4.59. The first-order valence-corrected chi connectivity index (χ1v) is 9.33. The van der Waals surface area contributed by atoms with Gasteiger partial charge in [-0.15, -0.1) is 0 Å². The fourth-order valence-electron chi connectivity index (χ4n) is 2.64. The average molecular weight is 352 g/mol. The first kappa shape index (κ1) is 17.3. The van der Waals surface area contributed by atoms with Crippen molar-refractivity contribution in [1.29, 1.82) is 0 Å². The van der Waals surface area contributed by atoms with Crippen molar-refractivity contribution in [2.75, 3.05) is 17.8 Å². The third kappa shape index (κ3) is 3.77. The number of carbonyl (C=O) groups excluding carboxylic acids is 1. The Hall–Kier alpha value is -2.53. The Kier molecular flexibility index (Phi) is 5.24. The molecular weight excluding hydrogens is 332 g/mol. The summed E-state index contributed by atoms with van der Waals surface area (Å²) in [6.07, 6.45) is 3.75. The minimum Gasteiger partial charge on any atom is -0.494 e. The number of rotatable bonds is 4. The maximum Gasteiger partial charge on any atom is 0.283 e. The Bertz CT molecular complexity index is 841. The van der Waals surface area contributed by atoms with Crippen LogP contribution in [0.5, 0.6) is 5.75 Å². The van der Waals surface area contributed by atoms with Crippen molar-refractivity contribution in [3.63, 3.8) is 0 Å². The van der Waals surface area contributed by atoms with Crippen molar-refractivity contribution in [3.05, 3.63) is 65.4 Å². The molecule has 1 amide bonds. The quantitative estimate of drug-likeness (QED) is 0.761. The lowest BCUT2D eigenvalue weighted by atomic mass is 10.1. The van der Waals surface area contributed by atoms with Crippen LogP contribution in [0.25, 0.3) is 6.08 Å². The van der Waals surface area contributed by atoms with Gasteiger partial charge >= 0.3 is 0 Å². The van der Waals surface area contributed by atoms with Crippen LogP contribution < -0.4 is 9.64 Å². The highest BCUT2D eigenvalue weighted by molar-refractivity contribution is 8.13. The number of hydrogen-bond donors (Lipinski definition) is 0. The van der Waals surface area contributed by atoms with E-state index in [0.717, 1.165) is 22.6 Å². The number of carbonyl (C=O) groups is 1. The number of aliphatic imine (C=N–C) groups is 1. The number of amidine groups is 1. The van der Waals surface area contributed by atoms with E-state index in [-0.39, 0.29) is 5.91 Å². The molecule has 0 atom stereocenters. The average Bonchev–Trinajstić information content (AvgIpc) is 2.92. The first-order valence-electron chi connectivity index (χ1n) is 8.10. The molecule has 0 N–H and O–H groups in total. The normalized spacial score (nSPS) is 15.6. The highest BCUT2D eigenvalue weighted by atomic mass is 32.2. The number of aryl methyl sites for hydroxylation is 1. The fourth-order valence-corrected chi connectivity index (χ4v) is 3.20. The largest absolute Gasteiger partial charge is 0.494 e. The molecule has 0 saturated heterocycles. The first-order chi connectivity index (χ1) is 12.1. The van der Waals surface area contributed by atoms with Crippen LogP contribution in [0, 0.1) is 6.92 Å². The number of benzene rings is 2. The van der Waals surface area contributed by atoms with Gasteiger partial charge in [-0.25, -0.2) is 4.99 Å². The second kappa shape index (κ2) is 7.57. The maximum absolute atomic E-state index is 12.9. The summed E-state index contributed by atoms with van der Waals surface area (Å²) >= 11 is 1.45. The molecule has 0 bridgehead atoms. The van der Waals surface area contributed by atoms with E-state index in [0.29, 0.717) is 17.5 Å². The highest BCUT2D eigenvalue weighted by Crippen LogP contribution is 2.29. The summed E-state index contributed by atoms with van der Waals surface area (Å²) in [5.41, 5.74) is 3.36. The Balaban J connectivity index is 1.91. The summed E-state index contributed by atoms with van der Waals surface area (Å²) < 4.78 is 5.46. The molecule has 0 aliphatic carbocycles. The van der Waals surface area contributed by atoms with Crippen LogP contribution in [0.1, 0.15) is 18.1 Å². The van der Waals surface area contributed by atoms with Gasteiger partial charge in [0, 0.05) is 0 Å². The number of amides is 1. The van der Waals surface area contributed by atoms with Gasteiger partial charge in [0.2, 0.25) is 0 Å². The molecule has 4 nitrogen and oxygen atoms in total. The third-order valence-electron chi connectivity index (χ3n) is 3.76. The molecule has 0 aromatic heterocycles. The van der Waals surface area contributed by atoms with Gasteiger partial charge in [0.15, 0.2) is 5.17 Å². The molecule has 2 aromatic carbocycles. The number of anilines is 1. The molecule has 128 valence electrons. The minimum atomic E-state index is -0.116. The van der Waals surface area contributed by atoms with E-state index in [1.165, 1.54) is 11.8 Å². The topological polar surface area (TPSA) is 41.9 Å². The van der Waals surface area contributed by atoms with E-state index in [1.807, 2.05) is 74.7 Å². The van der Waals surface area contributed by atoms with Crippen molar-refractivity contribution in [3.8, 4) is 5.75 Å². The van der Waals surface area contributed by atoms with Gasteiger partial charge in [0.25, 0.3) is 5.91 Å². The monoisotopic (exact) mass is 352 g/mol. The molecule has 5 heteroatoms. The third-order valence-corrected chi connectivity index (χ3v) is 4.40. The number of hydrogen-bond acceptors (Lipinski definition) is 4. The van der Waals surface area contributed by atoms with Crippen LogP contribution in [-0.4, -0.2) is 23.9 Å². The lowest BCUT2D eigenvalue weighted by Crippen LogP contribution is -2.29. The minimum absolute atomic E-state index is 0.116. The lowest BCUT2D eigenvalue weighted by molar-refractivity contribution is -0.113. The molecule has 1 aliphatic rings. The van der Waals surface area contributed by atoms with E-state index < -0.39 is 0 Å². The van der Waals surface area contributed by atoms with Crippen LogP contribution in [0.2, 0.25) is 0 Å². The van der Waals surface area contributed by atoms with Crippen molar-refractivity contribution in [2.24, 2.45) is 4.99 Å². The van der Waals surface area contributed by atoms with E-state index in [9.17, 15) is 4.79 Å². The summed E-state index contributed by atoms with van der Waals surface area (Å²) in [4.78, 5) is 19.0. The van der Waals surface area contributed by atoms with Gasteiger partial charge in [0.1, 0.15) is 11.4 Å².